The van der Waals surface area contributed by atoms with Gasteiger partial charge in [0.1, 0.15) is 5.69 Å². The van der Waals surface area contributed by atoms with Crippen molar-refractivity contribution in [3.05, 3.63) is 24.0 Å². The summed E-state index contributed by atoms with van der Waals surface area (Å²) in [4.78, 5) is 16.0. The maximum atomic E-state index is 11.9. The molecule has 1 heterocycles. The fraction of sp³-hybridized carbons (Fsp3) is 0.500. The van der Waals surface area contributed by atoms with Gasteiger partial charge in [0.25, 0.3) is 5.91 Å². The predicted molar refractivity (Wildman–Crippen MR) is 67.2 cm³/mol. The van der Waals surface area contributed by atoms with Gasteiger partial charge >= 0.3 is 0 Å². The number of amides is 1. The zero-order chi connectivity index (χ0) is 12.9. The van der Waals surface area contributed by atoms with E-state index in [-0.39, 0.29) is 5.91 Å². The number of methoxy groups -OCH3 is 1. The first kappa shape index (κ1) is 13.4. The standard InChI is InChI=1S/C12H19N3O2/c1-12(2,8-17-4)15-11(16)10-6-5-9(13-3)7-14-10/h5-7,13H,8H2,1-4H3,(H,15,16). The Morgan fingerprint density at radius 2 is 2.18 bits per heavy atom. The van der Waals surface area contributed by atoms with Gasteiger partial charge in [-0.25, -0.2) is 4.98 Å². The van der Waals surface area contributed by atoms with Crippen LogP contribution in [0.1, 0.15) is 24.3 Å². The van der Waals surface area contributed by atoms with Gasteiger partial charge in [-0.3, -0.25) is 4.79 Å². The van der Waals surface area contributed by atoms with Gasteiger partial charge in [-0.2, -0.15) is 0 Å². The fourth-order valence-corrected chi connectivity index (χ4v) is 1.44. The zero-order valence-electron chi connectivity index (χ0n) is 10.7. The Labute approximate surface area is 102 Å². The molecule has 0 aromatic carbocycles. The lowest BCUT2D eigenvalue weighted by Crippen LogP contribution is -2.47. The molecular weight excluding hydrogens is 218 g/mol. The summed E-state index contributed by atoms with van der Waals surface area (Å²) in [5, 5.41) is 5.81. The molecule has 2 N–H and O–H groups in total. The molecule has 5 nitrogen and oxygen atoms in total. The van der Waals surface area contributed by atoms with E-state index in [0.717, 1.165) is 5.69 Å². The first-order valence-electron chi connectivity index (χ1n) is 5.44. The number of anilines is 1. The molecule has 0 aliphatic rings. The number of nitrogens with one attached hydrogen (secondary N) is 2. The minimum absolute atomic E-state index is 0.199. The summed E-state index contributed by atoms with van der Waals surface area (Å²) in [5.74, 6) is -0.199. The summed E-state index contributed by atoms with van der Waals surface area (Å²) < 4.78 is 5.03. The van der Waals surface area contributed by atoms with Crippen LogP contribution in [0.4, 0.5) is 5.69 Å². The van der Waals surface area contributed by atoms with Crippen LogP contribution in [0.3, 0.4) is 0 Å². The van der Waals surface area contributed by atoms with Crippen LogP contribution in [-0.4, -0.2) is 37.2 Å². The van der Waals surface area contributed by atoms with Crippen molar-refractivity contribution in [2.75, 3.05) is 26.1 Å². The third-order valence-electron chi connectivity index (χ3n) is 2.24. The summed E-state index contributed by atoms with van der Waals surface area (Å²) in [5.41, 5.74) is 0.862. The van der Waals surface area contributed by atoms with Crippen LogP contribution in [0.25, 0.3) is 0 Å². The Hall–Kier alpha value is -1.62. The van der Waals surface area contributed by atoms with Crippen molar-refractivity contribution in [2.45, 2.75) is 19.4 Å². The first-order valence-corrected chi connectivity index (χ1v) is 5.44. The maximum Gasteiger partial charge on any atom is 0.270 e. The third-order valence-corrected chi connectivity index (χ3v) is 2.24. The second kappa shape index (κ2) is 5.63. The van der Waals surface area contributed by atoms with Gasteiger partial charge in [-0.05, 0) is 26.0 Å². The number of pyridine rings is 1. The van der Waals surface area contributed by atoms with Crippen molar-refractivity contribution in [3.63, 3.8) is 0 Å². The second-order valence-electron chi connectivity index (χ2n) is 4.45. The fourth-order valence-electron chi connectivity index (χ4n) is 1.44. The highest BCUT2D eigenvalue weighted by molar-refractivity contribution is 5.92. The van der Waals surface area contributed by atoms with Crippen molar-refractivity contribution in [1.29, 1.82) is 0 Å². The molecule has 0 aliphatic carbocycles. The lowest BCUT2D eigenvalue weighted by molar-refractivity contribution is 0.0815. The highest BCUT2D eigenvalue weighted by Crippen LogP contribution is 2.07. The normalized spacial score (nSPS) is 11.1. The number of hydrogen-bond acceptors (Lipinski definition) is 4. The lowest BCUT2D eigenvalue weighted by atomic mass is 10.1. The number of nitrogens with zero attached hydrogens (tertiary/aromatic N) is 1. The molecule has 0 atom stereocenters. The molecule has 0 saturated heterocycles. The van der Waals surface area contributed by atoms with Crippen LogP contribution in [0, 0.1) is 0 Å². The molecular formula is C12H19N3O2. The van der Waals surface area contributed by atoms with Gasteiger partial charge in [-0.1, -0.05) is 0 Å². The zero-order valence-corrected chi connectivity index (χ0v) is 10.7. The Morgan fingerprint density at radius 3 is 2.65 bits per heavy atom. The van der Waals surface area contributed by atoms with Crippen LogP contribution in [0.2, 0.25) is 0 Å². The number of hydrogen-bond donors (Lipinski definition) is 2. The molecule has 0 unspecified atom stereocenters. The Kier molecular flexibility index (Phi) is 4.45. The van der Waals surface area contributed by atoms with E-state index in [1.54, 1.807) is 26.4 Å². The van der Waals surface area contributed by atoms with Crippen LogP contribution in [-0.2, 0) is 4.74 Å². The average Bonchev–Trinajstić information content (AvgIpc) is 2.28. The Morgan fingerprint density at radius 1 is 1.47 bits per heavy atom. The average molecular weight is 237 g/mol. The third kappa shape index (κ3) is 4.03. The molecule has 1 amide bonds. The highest BCUT2D eigenvalue weighted by Gasteiger charge is 2.21. The smallest absolute Gasteiger partial charge is 0.270 e. The van der Waals surface area contributed by atoms with Gasteiger partial charge in [0.2, 0.25) is 0 Å². The minimum Gasteiger partial charge on any atom is -0.387 e. The number of carbonyl (C=O) groups excluding carboxylic acids is 1. The summed E-state index contributed by atoms with van der Waals surface area (Å²) in [6, 6.07) is 3.50. The van der Waals surface area contributed by atoms with Crippen molar-refractivity contribution in [1.82, 2.24) is 10.3 Å². The van der Waals surface area contributed by atoms with E-state index in [2.05, 4.69) is 15.6 Å². The van der Waals surface area contributed by atoms with Gasteiger partial charge in [-0.15, -0.1) is 0 Å². The Bertz CT molecular complexity index is 374. The minimum atomic E-state index is -0.408. The van der Waals surface area contributed by atoms with E-state index in [4.69, 9.17) is 4.74 Å². The van der Waals surface area contributed by atoms with E-state index >= 15 is 0 Å². The summed E-state index contributed by atoms with van der Waals surface area (Å²) in [7, 11) is 3.41. The molecule has 0 radical (unpaired) electrons. The van der Waals surface area contributed by atoms with Gasteiger partial charge in [0.05, 0.1) is 24.0 Å². The quantitative estimate of drug-likeness (QED) is 0.809. The van der Waals surface area contributed by atoms with E-state index in [1.807, 2.05) is 19.9 Å². The van der Waals surface area contributed by atoms with Crippen LogP contribution < -0.4 is 10.6 Å². The molecule has 0 saturated carbocycles. The van der Waals surface area contributed by atoms with E-state index in [1.165, 1.54) is 0 Å². The molecule has 0 bridgehead atoms. The van der Waals surface area contributed by atoms with E-state index in [9.17, 15) is 4.79 Å². The lowest BCUT2D eigenvalue weighted by Gasteiger charge is -2.24. The van der Waals surface area contributed by atoms with Crippen LogP contribution in [0.15, 0.2) is 18.3 Å². The molecule has 0 fully saturated rings. The second-order valence-corrected chi connectivity index (χ2v) is 4.45. The van der Waals surface area contributed by atoms with Gasteiger partial charge < -0.3 is 15.4 Å². The molecule has 0 spiro atoms. The van der Waals surface area contributed by atoms with E-state index in [0.29, 0.717) is 12.3 Å². The first-order chi connectivity index (χ1) is 7.98. The number of ether oxygens (including phenoxy) is 1. The molecule has 1 aromatic heterocycles. The van der Waals surface area contributed by atoms with Crippen molar-refractivity contribution < 1.29 is 9.53 Å². The number of carbonyl (C=O) groups is 1. The van der Waals surface area contributed by atoms with Gasteiger partial charge in [0.15, 0.2) is 0 Å². The number of rotatable bonds is 5. The van der Waals surface area contributed by atoms with Gasteiger partial charge in [0, 0.05) is 14.2 Å². The summed E-state index contributed by atoms with van der Waals surface area (Å²) in [6.07, 6.45) is 1.62. The topological polar surface area (TPSA) is 63.2 Å². The van der Waals surface area contributed by atoms with Crippen molar-refractivity contribution >= 4 is 11.6 Å². The molecule has 0 aliphatic heterocycles. The summed E-state index contributed by atoms with van der Waals surface area (Å²) >= 11 is 0. The molecule has 1 rings (SSSR count). The maximum absolute atomic E-state index is 11.9. The van der Waals surface area contributed by atoms with Crippen molar-refractivity contribution in [3.8, 4) is 0 Å². The Balaban J connectivity index is 2.69. The molecule has 17 heavy (non-hydrogen) atoms. The summed E-state index contributed by atoms with van der Waals surface area (Å²) in [6.45, 7) is 4.25. The predicted octanol–water partition coefficient (Wildman–Crippen LogP) is 1.28. The largest absolute Gasteiger partial charge is 0.387 e. The molecule has 1 aromatic rings. The van der Waals surface area contributed by atoms with Crippen LogP contribution in [0.5, 0.6) is 0 Å². The molecule has 5 heteroatoms. The monoisotopic (exact) mass is 237 g/mol. The van der Waals surface area contributed by atoms with E-state index < -0.39 is 5.54 Å². The molecule has 94 valence electrons. The SMILES string of the molecule is CNc1ccc(C(=O)NC(C)(C)COC)nc1. The van der Waals surface area contributed by atoms with Crippen molar-refractivity contribution in [2.24, 2.45) is 0 Å². The van der Waals surface area contributed by atoms with Crippen LogP contribution >= 0.6 is 0 Å². The highest BCUT2D eigenvalue weighted by atomic mass is 16.5. The number of aromatic nitrogens is 1.